The van der Waals surface area contributed by atoms with Crippen LogP contribution < -0.4 is 5.32 Å². The molecule has 0 saturated carbocycles. The monoisotopic (exact) mass is 271 g/mol. The number of aryl methyl sites for hydroxylation is 1. The number of nitrogens with one attached hydrogen (secondary N) is 1. The van der Waals surface area contributed by atoms with Crippen molar-refractivity contribution in [3.63, 3.8) is 0 Å². The fraction of sp³-hybridized carbons (Fsp3) is 0.250. The van der Waals surface area contributed by atoms with Gasteiger partial charge in [-0.2, -0.15) is 11.3 Å². The second-order valence-corrected chi connectivity index (χ2v) is 5.48. The van der Waals surface area contributed by atoms with Gasteiger partial charge < -0.3 is 9.73 Å². The molecule has 3 heteroatoms. The molecule has 0 amide bonds. The Bertz CT molecular complexity index is 642. The first kappa shape index (κ1) is 12.5. The summed E-state index contributed by atoms with van der Waals surface area (Å²) in [6, 6.07) is 10.8. The molecule has 98 valence electrons. The second-order valence-electron chi connectivity index (χ2n) is 4.70. The van der Waals surface area contributed by atoms with E-state index in [0.29, 0.717) is 6.04 Å². The predicted octanol–water partition coefficient (Wildman–Crippen LogP) is 4.39. The zero-order valence-electron chi connectivity index (χ0n) is 10.9. The Morgan fingerprint density at radius 2 is 2.16 bits per heavy atom. The van der Waals surface area contributed by atoms with E-state index in [1.807, 2.05) is 25.4 Å². The van der Waals surface area contributed by atoms with E-state index in [1.165, 1.54) is 16.5 Å². The third-order valence-electron chi connectivity index (χ3n) is 3.54. The van der Waals surface area contributed by atoms with Crippen LogP contribution in [0.1, 0.15) is 23.6 Å². The van der Waals surface area contributed by atoms with Gasteiger partial charge in [0.05, 0.1) is 6.26 Å². The van der Waals surface area contributed by atoms with Gasteiger partial charge in [0.25, 0.3) is 0 Å². The van der Waals surface area contributed by atoms with E-state index in [4.69, 9.17) is 4.42 Å². The van der Waals surface area contributed by atoms with Crippen LogP contribution in [0.3, 0.4) is 0 Å². The Morgan fingerprint density at radius 3 is 2.95 bits per heavy atom. The number of rotatable bonds is 5. The standard InChI is InChI=1S/C16H17NOS/c1-17-15(7-6-12-8-9-19-11-12)14-10-18-16-5-3-2-4-13(14)16/h2-5,8-11,15,17H,6-7H2,1H3. The van der Waals surface area contributed by atoms with Crippen molar-refractivity contribution in [3.8, 4) is 0 Å². The Hall–Kier alpha value is -1.58. The van der Waals surface area contributed by atoms with E-state index in [1.54, 1.807) is 11.3 Å². The van der Waals surface area contributed by atoms with E-state index >= 15 is 0 Å². The van der Waals surface area contributed by atoms with E-state index < -0.39 is 0 Å². The smallest absolute Gasteiger partial charge is 0.134 e. The molecule has 0 aliphatic rings. The first-order valence-corrected chi connectivity index (χ1v) is 7.47. The van der Waals surface area contributed by atoms with Crippen LogP contribution in [-0.2, 0) is 6.42 Å². The summed E-state index contributed by atoms with van der Waals surface area (Å²) in [5.41, 5.74) is 3.64. The summed E-state index contributed by atoms with van der Waals surface area (Å²) in [6.45, 7) is 0. The molecular formula is C16H17NOS. The Kier molecular flexibility index (Phi) is 3.67. The molecule has 0 aliphatic carbocycles. The molecule has 0 aliphatic heterocycles. The molecule has 2 nitrogen and oxygen atoms in total. The first-order chi connectivity index (χ1) is 9.38. The third-order valence-corrected chi connectivity index (χ3v) is 4.27. The zero-order chi connectivity index (χ0) is 13.1. The molecule has 0 radical (unpaired) electrons. The molecule has 3 rings (SSSR count). The molecule has 1 aromatic carbocycles. The van der Waals surface area contributed by atoms with Crippen molar-refractivity contribution in [3.05, 3.63) is 58.5 Å². The number of thiophene rings is 1. The summed E-state index contributed by atoms with van der Waals surface area (Å²) in [7, 11) is 2.01. The minimum absolute atomic E-state index is 0.337. The van der Waals surface area contributed by atoms with E-state index in [0.717, 1.165) is 18.4 Å². The lowest BCUT2D eigenvalue weighted by Gasteiger charge is -2.14. The third kappa shape index (κ3) is 2.57. The summed E-state index contributed by atoms with van der Waals surface area (Å²) in [5, 5.41) is 8.98. The van der Waals surface area contributed by atoms with Crippen LogP contribution in [0.2, 0.25) is 0 Å². The van der Waals surface area contributed by atoms with Crippen molar-refractivity contribution < 1.29 is 4.42 Å². The highest BCUT2D eigenvalue weighted by molar-refractivity contribution is 7.07. The van der Waals surface area contributed by atoms with E-state index in [9.17, 15) is 0 Å². The second kappa shape index (κ2) is 5.59. The van der Waals surface area contributed by atoms with Gasteiger partial charge in [-0.15, -0.1) is 0 Å². The number of hydrogen-bond acceptors (Lipinski definition) is 3. The maximum atomic E-state index is 5.63. The van der Waals surface area contributed by atoms with Crippen LogP contribution in [-0.4, -0.2) is 7.05 Å². The van der Waals surface area contributed by atoms with Crippen LogP contribution in [0.5, 0.6) is 0 Å². The van der Waals surface area contributed by atoms with E-state index in [-0.39, 0.29) is 0 Å². The lowest BCUT2D eigenvalue weighted by atomic mass is 10.00. The molecule has 2 heterocycles. The molecule has 2 aromatic heterocycles. The van der Waals surface area contributed by atoms with Gasteiger partial charge >= 0.3 is 0 Å². The van der Waals surface area contributed by atoms with Gasteiger partial charge in [0.2, 0.25) is 0 Å². The van der Waals surface area contributed by atoms with E-state index in [2.05, 4.69) is 34.3 Å². The van der Waals surface area contributed by atoms with Gasteiger partial charge in [-0.3, -0.25) is 0 Å². The quantitative estimate of drug-likeness (QED) is 0.744. The highest BCUT2D eigenvalue weighted by atomic mass is 32.1. The molecule has 19 heavy (non-hydrogen) atoms. The van der Waals surface area contributed by atoms with Gasteiger partial charge in [-0.05, 0) is 48.3 Å². The van der Waals surface area contributed by atoms with Crippen LogP contribution in [0, 0.1) is 0 Å². The summed E-state index contributed by atoms with van der Waals surface area (Å²) < 4.78 is 5.63. The highest BCUT2D eigenvalue weighted by Crippen LogP contribution is 2.28. The fourth-order valence-corrected chi connectivity index (χ4v) is 3.17. The van der Waals surface area contributed by atoms with Crippen molar-refractivity contribution in [1.82, 2.24) is 5.32 Å². The summed E-state index contributed by atoms with van der Waals surface area (Å²) in [6.07, 6.45) is 4.06. The van der Waals surface area contributed by atoms with Gasteiger partial charge in [0.1, 0.15) is 5.58 Å². The molecule has 3 aromatic rings. The topological polar surface area (TPSA) is 25.2 Å². The lowest BCUT2D eigenvalue weighted by Crippen LogP contribution is -2.16. The molecule has 0 fully saturated rings. The van der Waals surface area contributed by atoms with Gasteiger partial charge in [0.15, 0.2) is 0 Å². The summed E-state index contributed by atoms with van der Waals surface area (Å²) in [5.74, 6) is 0. The zero-order valence-corrected chi connectivity index (χ0v) is 11.7. The molecule has 0 bridgehead atoms. The van der Waals surface area contributed by atoms with Gasteiger partial charge in [-0.25, -0.2) is 0 Å². The lowest BCUT2D eigenvalue weighted by molar-refractivity contribution is 0.535. The Balaban J connectivity index is 1.81. The minimum Gasteiger partial charge on any atom is -0.464 e. The molecule has 1 unspecified atom stereocenters. The van der Waals surface area contributed by atoms with Crippen molar-refractivity contribution >= 4 is 22.3 Å². The number of furan rings is 1. The van der Waals surface area contributed by atoms with Crippen LogP contribution in [0.25, 0.3) is 11.0 Å². The first-order valence-electron chi connectivity index (χ1n) is 6.53. The maximum Gasteiger partial charge on any atom is 0.134 e. The van der Waals surface area contributed by atoms with Crippen LogP contribution >= 0.6 is 11.3 Å². The van der Waals surface area contributed by atoms with Gasteiger partial charge in [-0.1, -0.05) is 18.2 Å². The van der Waals surface area contributed by atoms with Crippen LogP contribution in [0.4, 0.5) is 0 Å². The maximum absolute atomic E-state index is 5.63. The highest BCUT2D eigenvalue weighted by Gasteiger charge is 2.15. The van der Waals surface area contributed by atoms with Crippen molar-refractivity contribution in [1.29, 1.82) is 0 Å². The average Bonchev–Trinajstić information content (AvgIpc) is 3.09. The minimum atomic E-state index is 0.337. The van der Waals surface area contributed by atoms with Crippen molar-refractivity contribution in [2.24, 2.45) is 0 Å². The van der Waals surface area contributed by atoms with Crippen molar-refractivity contribution in [2.75, 3.05) is 7.05 Å². The normalized spacial score (nSPS) is 12.9. The molecule has 0 saturated heterocycles. The number of benzene rings is 1. The van der Waals surface area contributed by atoms with Crippen LogP contribution in [0.15, 0.2) is 51.8 Å². The fourth-order valence-electron chi connectivity index (χ4n) is 2.47. The Labute approximate surface area is 117 Å². The number of fused-ring (bicyclic) bond motifs is 1. The number of hydrogen-bond donors (Lipinski definition) is 1. The van der Waals surface area contributed by atoms with Gasteiger partial charge in [0, 0.05) is 17.0 Å². The molecule has 0 spiro atoms. The SMILES string of the molecule is CNC(CCc1ccsc1)c1coc2ccccc12. The predicted molar refractivity (Wildman–Crippen MR) is 80.7 cm³/mol. The molecule has 1 atom stereocenters. The summed E-state index contributed by atoms with van der Waals surface area (Å²) >= 11 is 1.76. The Morgan fingerprint density at radius 1 is 1.26 bits per heavy atom. The molecular weight excluding hydrogens is 254 g/mol. The number of para-hydroxylation sites is 1. The average molecular weight is 271 g/mol. The van der Waals surface area contributed by atoms with Crippen molar-refractivity contribution in [2.45, 2.75) is 18.9 Å². The largest absolute Gasteiger partial charge is 0.464 e. The summed E-state index contributed by atoms with van der Waals surface area (Å²) in [4.78, 5) is 0. The molecule has 1 N–H and O–H groups in total.